The molecule has 0 bridgehead atoms. The molecule has 1 aromatic heterocycles. The van der Waals surface area contributed by atoms with Gasteiger partial charge in [-0.25, -0.2) is 0 Å². The molecule has 1 aliphatic heterocycles. The number of likely N-dealkylation sites (N-methyl/N-ethyl adjacent to an activating group) is 1. The maximum absolute atomic E-state index is 13.0. The molecular formula is C29H39N3O3S. The minimum absolute atomic E-state index is 0.0140. The zero-order chi connectivity index (χ0) is 26.4. The van der Waals surface area contributed by atoms with Crippen molar-refractivity contribution in [1.29, 1.82) is 0 Å². The molecule has 1 saturated heterocycles. The Bertz CT molecular complexity index is 1110. The molecule has 1 aliphatic rings. The van der Waals surface area contributed by atoms with E-state index in [2.05, 4.69) is 44.5 Å². The van der Waals surface area contributed by atoms with E-state index in [4.69, 9.17) is 9.72 Å². The molecule has 0 unspecified atom stereocenters. The maximum atomic E-state index is 13.0. The van der Waals surface area contributed by atoms with Crippen LogP contribution in [0.2, 0.25) is 0 Å². The van der Waals surface area contributed by atoms with E-state index >= 15 is 0 Å². The molecule has 0 saturated carbocycles. The lowest BCUT2D eigenvalue weighted by Crippen LogP contribution is -2.40. The van der Waals surface area contributed by atoms with E-state index in [0.29, 0.717) is 12.2 Å². The van der Waals surface area contributed by atoms with Crippen LogP contribution >= 0.6 is 11.8 Å². The van der Waals surface area contributed by atoms with Crippen LogP contribution in [0.15, 0.2) is 35.7 Å². The number of nitrogens with one attached hydrogen (secondary N) is 1. The molecule has 0 aliphatic carbocycles. The third-order valence-electron chi connectivity index (χ3n) is 6.85. The molecular weight excluding hydrogens is 470 g/mol. The van der Waals surface area contributed by atoms with Gasteiger partial charge in [0, 0.05) is 42.9 Å². The van der Waals surface area contributed by atoms with Crippen molar-refractivity contribution in [2.24, 2.45) is 5.92 Å². The average Bonchev–Trinajstić information content (AvgIpc) is 3.21. The van der Waals surface area contributed by atoms with Crippen LogP contribution in [0.1, 0.15) is 65.6 Å². The molecule has 1 aromatic carbocycles. The summed E-state index contributed by atoms with van der Waals surface area (Å²) in [6.07, 6.45) is 2.96. The quantitative estimate of drug-likeness (QED) is 0.472. The molecule has 1 N–H and O–H groups in total. The fraction of sp³-hybridized carbons (Fsp3) is 0.483. The maximum Gasteiger partial charge on any atom is 0.251 e. The Hall–Kier alpha value is -2.64. The number of pyridine rings is 1. The summed E-state index contributed by atoms with van der Waals surface area (Å²) in [4.78, 5) is 32.3. The van der Waals surface area contributed by atoms with E-state index in [1.807, 2.05) is 19.2 Å². The first-order valence-electron chi connectivity index (χ1n) is 12.7. The first-order chi connectivity index (χ1) is 17.1. The largest absolute Gasteiger partial charge is 0.489 e. The van der Waals surface area contributed by atoms with Crippen LogP contribution in [0.3, 0.4) is 0 Å². The van der Waals surface area contributed by atoms with Crippen molar-refractivity contribution in [2.45, 2.75) is 66.5 Å². The number of thioether (sulfide) groups is 1. The number of hydrogen-bond acceptors (Lipinski definition) is 6. The van der Waals surface area contributed by atoms with Crippen molar-refractivity contribution in [3.05, 3.63) is 69.4 Å². The van der Waals surface area contributed by atoms with Crippen molar-refractivity contribution in [2.75, 3.05) is 20.1 Å². The molecule has 7 heteroatoms. The normalized spacial score (nSPS) is 17.7. The van der Waals surface area contributed by atoms with Crippen LogP contribution in [-0.2, 0) is 24.2 Å². The molecule has 3 rings (SSSR count). The first-order valence-corrected chi connectivity index (χ1v) is 13.5. The van der Waals surface area contributed by atoms with E-state index in [9.17, 15) is 9.59 Å². The lowest BCUT2D eigenvalue weighted by molar-refractivity contribution is -0.109. The molecule has 6 nitrogen and oxygen atoms in total. The van der Waals surface area contributed by atoms with Crippen molar-refractivity contribution in [3.63, 3.8) is 0 Å². The van der Waals surface area contributed by atoms with E-state index in [1.54, 1.807) is 12.1 Å². The van der Waals surface area contributed by atoms with Crippen LogP contribution in [0.25, 0.3) is 0 Å². The van der Waals surface area contributed by atoms with Crippen LogP contribution < -0.4 is 10.1 Å². The van der Waals surface area contributed by atoms with Gasteiger partial charge in [-0.15, -0.1) is 0 Å². The summed E-state index contributed by atoms with van der Waals surface area (Å²) in [6.45, 7) is 16.1. The highest BCUT2D eigenvalue weighted by Crippen LogP contribution is 2.31. The number of aryl methyl sites for hydroxylation is 2. The van der Waals surface area contributed by atoms with Crippen LogP contribution in [0.4, 0.5) is 0 Å². The van der Waals surface area contributed by atoms with E-state index in [0.717, 1.165) is 66.2 Å². The van der Waals surface area contributed by atoms with Gasteiger partial charge >= 0.3 is 0 Å². The Kier molecular flexibility index (Phi) is 9.74. The summed E-state index contributed by atoms with van der Waals surface area (Å²) < 4.78 is 6.17. The van der Waals surface area contributed by atoms with Crippen LogP contribution in [0.5, 0.6) is 5.75 Å². The highest BCUT2D eigenvalue weighted by atomic mass is 32.2. The second kappa shape index (κ2) is 12.5. The number of likely N-dealkylation sites (tertiary alicyclic amines) is 1. The number of carbonyl (C=O) groups excluding carboxylic acids is 2. The standard InChI is InChI=1S/C29H39N3O3S/c1-8-10-24-26(18(3)19(4)30-27(24)9-2)17-35-23-13-11-22(12-14-23)29(34)31-28-16-32(7)15-25(28)20(5)36-21(6)33/h11-14,25,28H,5,8-10,15-17H2,1-4,6-7H3,(H,31,34)/t25-,28-/m1/s1. The third kappa shape index (κ3) is 6.77. The van der Waals surface area contributed by atoms with Crippen molar-refractivity contribution in [1.82, 2.24) is 15.2 Å². The van der Waals surface area contributed by atoms with Gasteiger partial charge in [0.1, 0.15) is 12.4 Å². The van der Waals surface area contributed by atoms with E-state index in [-0.39, 0.29) is 23.0 Å². The Morgan fingerprint density at radius 3 is 2.47 bits per heavy atom. The first kappa shape index (κ1) is 27.9. The Balaban J connectivity index is 1.67. The number of ether oxygens (including phenoxy) is 1. The second-order valence-corrected chi connectivity index (χ2v) is 10.9. The highest BCUT2D eigenvalue weighted by molar-refractivity contribution is 8.16. The molecule has 194 valence electrons. The SMILES string of the molecule is C=C(SC(C)=O)[C@H]1CN(C)C[C@H]1NC(=O)c1ccc(OCc2c(C)c(C)nc(CC)c2CCC)cc1. The van der Waals surface area contributed by atoms with Gasteiger partial charge in [-0.1, -0.05) is 38.6 Å². The number of amides is 1. The minimum Gasteiger partial charge on any atom is -0.489 e. The van der Waals surface area contributed by atoms with Gasteiger partial charge in [0.2, 0.25) is 0 Å². The summed E-state index contributed by atoms with van der Waals surface area (Å²) in [5, 5.41) is 3.16. The Morgan fingerprint density at radius 2 is 1.86 bits per heavy atom. The Labute approximate surface area is 219 Å². The molecule has 1 amide bonds. The zero-order valence-corrected chi connectivity index (χ0v) is 23.3. The molecule has 1 fully saturated rings. The molecule has 0 spiro atoms. The molecule has 0 radical (unpaired) electrons. The van der Waals surface area contributed by atoms with Gasteiger partial charge in [-0.2, -0.15) is 0 Å². The molecule has 2 heterocycles. The second-order valence-electron chi connectivity index (χ2n) is 9.61. The monoisotopic (exact) mass is 509 g/mol. The number of carbonyl (C=O) groups is 2. The average molecular weight is 510 g/mol. The lowest BCUT2D eigenvalue weighted by atomic mass is 9.95. The van der Waals surface area contributed by atoms with Crippen molar-refractivity contribution >= 4 is 22.8 Å². The van der Waals surface area contributed by atoms with E-state index < -0.39 is 0 Å². The molecule has 2 aromatic rings. The number of nitrogens with zero attached hydrogens (tertiary/aromatic N) is 2. The predicted octanol–water partition coefficient (Wildman–Crippen LogP) is 5.25. The third-order valence-corrected chi connectivity index (χ3v) is 7.70. The number of hydrogen-bond donors (Lipinski definition) is 1. The number of benzene rings is 1. The summed E-state index contributed by atoms with van der Waals surface area (Å²) in [5.74, 6) is 0.629. The van der Waals surface area contributed by atoms with Gasteiger partial charge in [0.15, 0.2) is 5.12 Å². The summed E-state index contributed by atoms with van der Waals surface area (Å²) in [5.41, 5.74) is 6.51. The summed E-state index contributed by atoms with van der Waals surface area (Å²) >= 11 is 1.16. The topological polar surface area (TPSA) is 71.5 Å². The molecule has 36 heavy (non-hydrogen) atoms. The number of aromatic nitrogens is 1. The van der Waals surface area contributed by atoms with Gasteiger partial charge in [-0.3, -0.25) is 14.6 Å². The fourth-order valence-electron chi connectivity index (χ4n) is 4.85. The van der Waals surface area contributed by atoms with Crippen molar-refractivity contribution < 1.29 is 14.3 Å². The van der Waals surface area contributed by atoms with Crippen LogP contribution in [0, 0.1) is 19.8 Å². The van der Waals surface area contributed by atoms with Crippen molar-refractivity contribution in [3.8, 4) is 5.75 Å². The van der Waals surface area contributed by atoms with Gasteiger partial charge < -0.3 is 15.0 Å². The lowest BCUT2D eigenvalue weighted by Gasteiger charge is -2.21. The predicted molar refractivity (Wildman–Crippen MR) is 148 cm³/mol. The van der Waals surface area contributed by atoms with Gasteiger partial charge in [-0.05, 0) is 79.6 Å². The summed E-state index contributed by atoms with van der Waals surface area (Å²) in [6, 6.07) is 7.21. The highest BCUT2D eigenvalue weighted by Gasteiger charge is 2.34. The zero-order valence-electron chi connectivity index (χ0n) is 22.4. The number of rotatable bonds is 10. The van der Waals surface area contributed by atoms with Crippen LogP contribution in [-0.4, -0.2) is 47.1 Å². The van der Waals surface area contributed by atoms with E-state index in [1.165, 1.54) is 23.6 Å². The fourth-order valence-corrected chi connectivity index (χ4v) is 5.61. The minimum atomic E-state index is -0.133. The van der Waals surface area contributed by atoms with Gasteiger partial charge in [0.25, 0.3) is 5.91 Å². The Morgan fingerprint density at radius 1 is 1.17 bits per heavy atom. The smallest absolute Gasteiger partial charge is 0.251 e. The summed E-state index contributed by atoms with van der Waals surface area (Å²) in [7, 11) is 2.01. The molecule has 2 atom stereocenters. The van der Waals surface area contributed by atoms with Gasteiger partial charge in [0.05, 0.1) is 6.04 Å².